The molecule has 66 valence electrons. The summed E-state index contributed by atoms with van der Waals surface area (Å²) in [6, 6.07) is 0. The number of hydrogen-bond donors (Lipinski definition) is 1. The highest BCUT2D eigenvalue weighted by molar-refractivity contribution is 7.80. The lowest BCUT2D eigenvalue weighted by Crippen LogP contribution is -2.35. The summed E-state index contributed by atoms with van der Waals surface area (Å²) in [5.74, 6) is 0. The van der Waals surface area contributed by atoms with Crippen LogP contribution in [0.2, 0.25) is 0 Å². The Morgan fingerprint density at radius 2 is 2.27 bits per heavy atom. The zero-order valence-corrected chi connectivity index (χ0v) is 8.20. The normalized spacial score (nSPS) is 9.36. The van der Waals surface area contributed by atoms with Crippen molar-refractivity contribution in [1.82, 2.24) is 10.2 Å². The lowest BCUT2D eigenvalue weighted by molar-refractivity contribution is 0.188. The van der Waals surface area contributed by atoms with E-state index in [4.69, 9.17) is 17.0 Å². The van der Waals surface area contributed by atoms with Gasteiger partial charge in [-0.15, -0.1) is 0 Å². The molecule has 0 saturated carbocycles. The van der Waals surface area contributed by atoms with Crippen molar-refractivity contribution in [1.29, 1.82) is 0 Å². The molecule has 11 heavy (non-hydrogen) atoms. The molecule has 0 spiro atoms. The van der Waals surface area contributed by atoms with E-state index in [0.29, 0.717) is 0 Å². The van der Waals surface area contributed by atoms with Gasteiger partial charge >= 0.3 is 0 Å². The number of nitrogens with zero attached hydrogens (tertiary/aromatic N) is 1. The Labute approximate surface area is 73.7 Å². The molecule has 1 N–H and O–H groups in total. The third-order valence-electron chi connectivity index (χ3n) is 1.40. The average molecular weight is 176 g/mol. The molecule has 0 aromatic carbocycles. The largest absolute Gasteiger partial charge is 0.385 e. The molecule has 0 aliphatic carbocycles. The molecule has 0 unspecified atom stereocenters. The number of thiocarbonyl (C=S) groups is 1. The third kappa shape index (κ3) is 4.98. The Morgan fingerprint density at radius 3 is 2.73 bits per heavy atom. The number of ether oxygens (including phenoxy) is 1. The molecular formula is C7H16N2OS. The average Bonchev–Trinajstić information content (AvgIpc) is 2.03. The van der Waals surface area contributed by atoms with Crippen molar-refractivity contribution in [2.75, 3.05) is 34.4 Å². The van der Waals surface area contributed by atoms with Crippen LogP contribution >= 0.6 is 12.2 Å². The van der Waals surface area contributed by atoms with Crippen LogP contribution in [0.15, 0.2) is 0 Å². The molecule has 0 rings (SSSR count). The van der Waals surface area contributed by atoms with Crippen LogP contribution in [0.3, 0.4) is 0 Å². The van der Waals surface area contributed by atoms with Crippen LogP contribution in [0.4, 0.5) is 0 Å². The minimum Gasteiger partial charge on any atom is -0.385 e. The van der Waals surface area contributed by atoms with E-state index >= 15 is 0 Å². The van der Waals surface area contributed by atoms with Gasteiger partial charge < -0.3 is 15.0 Å². The Kier molecular flexibility index (Phi) is 6.16. The smallest absolute Gasteiger partial charge is 0.168 e. The van der Waals surface area contributed by atoms with E-state index in [-0.39, 0.29) is 0 Å². The summed E-state index contributed by atoms with van der Waals surface area (Å²) in [5.41, 5.74) is 0. The monoisotopic (exact) mass is 176 g/mol. The molecule has 0 heterocycles. The quantitative estimate of drug-likeness (QED) is 0.497. The van der Waals surface area contributed by atoms with Gasteiger partial charge in [-0.1, -0.05) is 0 Å². The van der Waals surface area contributed by atoms with Crippen molar-refractivity contribution < 1.29 is 4.74 Å². The maximum Gasteiger partial charge on any atom is 0.168 e. The Bertz CT molecular complexity index is 119. The van der Waals surface area contributed by atoms with Crippen LogP contribution < -0.4 is 5.32 Å². The Morgan fingerprint density at radius 1 is 1.64 bits per heavy atom. The number of hydrogen-bond acceptors (Lipinski definition) is 2. The van der Waals surface area contributed by atoms with Crippen LogP contribution in [0, 0.1) is 0 Å². The first kappa shape index (κ1) is 10.7. The van der Waals surface area contributed by atoms with Crippen molar-refractivity contribution in [2.45, 2.75) is 6.42 Å². The first-order valence-corrected chi connectivity index (χ1v) is 4.05. The third-order valence-corrected chi connectivity index (χ3v) is 1.92. The number of methoxy groups -OCH3 is 1. The molecule has 0 amide bonds. The SMILES string of the molecule is CNC(=S)N(C)CCCOC. The van der Waals surface area contributed by atoms with Gasteiger partial charge in [-0.3, -0.25) is 0 Å². The summed E-state index contributed by atoms with van der Waals surface area (Å²) in [5, 5.41) is 3.69. The van der Waals surface area contributed by atoms with E-state index in [1.54, 1.807) is 7.11 Å². The lowest BCUT2D eigenvalue weighted by Gasteiger charge is -2.18. The predicted octanol–water partition coefficient (Wildman–Crippen LogP) is 0.459. The maximum atomic E-state index is 5.00. The second kappa shape index (κ2) is 6.37. The number of nitrogens with one attached hydrogen (secondary N) is 1. The molecular weight excluding hydrogens is 160 g/mol. The van der Waals surface area contributed by atoms with Crippen LogP contribution in [0.1, 0.15) is 6.42 Å². The van der Waals surface area contributed by atoms with E-state index in [9.17, 15) is 0 Å². The fraction of sp³-hybridized carbons (Fsp3) is 0.857. The molecule has 0 aliphatic heterocycles. The molecule has 0 aliphatic rings. The van der Waals surface area contributed by atoms with Gasteiger partial charge in [-0.05, 0) is 18.6 Å². The summed E-state index contributed by atoms with van der Waals surface area (Å²) in [6.07, 6.45) is 1.01. The first-order valence-electron chi connectivity index (χ1n) is 3.64. The molecule has 0 atom stereocenters. The Hall–Kier alpha value is -0.350. The van der Waals surface area contributed by atoms with Gasteiger partial charge in [0.15, 0.2) is 5.11 Å². The summed E-state index contributed by atoms with van der Waals surface area (Å²) in [7, 11) is 5.50. The zero-order valence-electron chi connectivity index (χ0n) is 7.39. The molecule has 0 radical (unpaired) electrons. The minimum atomic E-state index is 0.779. The highest BCUT2D eigenvalue weighted by atomic mass is 32.1. The van der Waals surface area contributed by atoms with E-state index in [1.165, 1.54) is 0 Å². The van der Waals surface area contributed by atoms with E-state index in [1.807, 2.05) is 19.0 Å². The molecule has 4 heteroatoms. The lowest BCUT2D eigenvalue weighted by atomic mass is 10.4. The fourth-order valence-electron chi connectivity index (χ4n) is 0.738. The maximum absolute atomic E-state index is 5.00. The van der Waals surface area contributed by atoms with Gasteiger partial charge in [0.1, 0.15) is 0 Å². The number of rotatable bonds is 4. The molecule has 3 nitrogen and oxygen atoms in total. The molecule has 0 aromatic rings. The highest BCUT2D eigenvalue weighted by Gasteiger charge is 1.99. The molecule has 0 aromatic heterocycles. The molecule has 0 saturated heterocycles. The predicted molar refractivity (Wildman–Crippen MR) is 50.8 cm³/mol. The van der Waals surface area contributed by atoms with Crippen molar-refractivity contribution in [3.8, 4) is 0 Å². The van der Waals surface area contributed by atoms with Gasteiger partial charge in [0, 0.05) is 34.4 Å². The second-order valence-electron chi connectivity index (χ2n) is 2.32. The van der Waals surface area contributed by atoms with Crippen LogP contribution in [-0.4, -0.2) is 44.4 Å². The minimum absolute atomic E-state index is 0.779. The highest BCUT2D eigenvalue weighted by Crippen LogP contribution is 1.88. The van der Waals surface area contributed by atoms with Crippen LogP contribution in [0.5, 0.6) is 0 Å². The van der Waals surface area contributed by atoms with E-state index < -0.39 is 0 Å². The zero-order chi connectivity index (χ0) is 8.69. The van der Waals surface area contributed by atoms with Crippen molar-refractivity contribution in [3.63, 3.8) is 0 Å². The van der Waals surface area contributed by atoms with E-state index in [0.717, 1.165) is 24.7 Å². The van der Waals surface area contributed by atoms with E-state index in [2.05, 4.69) is 5.32 Å². The van der Waals surface area contributed by atoms with Crippen LogP contribution in [0.25, 0.3) is 0 Å². The van der Waals surface area contributed by atoms with Crippen molar-refractivity contribution in [2.24, 2.45) is 0 Å². The summed E-state index contributed by atoms with van der Waals surface area (Å²) >= 11 is 5.00. The summed E-state index contributed by atoms with van der Waals surface area (Å²) in [4.78, 5) is 1.99. The van der Waals surface area contributed by atoms with Gasteiger partial charge in [0.2, 0.25) is 0 Å². The topological polar surface area (TPSA) is 24.5 Å². The van der Waals surface area contributed by atoms with Gasteiger partial charge in [-0.25, -0.2) is 0 Å². The van der Waals surface area contributed by atoms with Gasteiger partial charge in [0.05, 0.1) is 0 Å². The standard InChI is InChI=1S/C7H16N2OS/c1-8-7(11)9(2)5-4-6-10-3/h4-6H2,1-3H3,(H,8,11). The van der Waals surface area contributed by atoms with Gasteiger partial charge in [0.25, 0.3) is 0 Å². The first-order chi connectivity index (χ1) is 5.22. The van der Waals surface area contributed by atoms with Gasteiger partial charge in [-0.2, -0.15) is 0 Å². The summed E-state index contributed by atoms with van der Waals surface area (Å²) < 4.78 is 4.92. The molecule has 0 bridgehead atoms. The van der Waals surface area contributed by atoms with Crippen LogP contribution in [-0.2, 0) is 4.74 Å². The second-order valence-corrected chi connectivity index (χ2v) is 2.71. The molecule has 0 fully saturated rings. The van der Waals surface area contributed by atoms with Crippen molar-refractivity contribution >= 4 is 17.3 Å². The van der Waals surface area contributed by atoms with Crippen molar-refractivity contribution in [3.05, 3.63) is 0 Å². The fourth-order valence-corrected chi connectivity index (χ4v) is 0.830. The Balaban J connectivity index is 3.36. The summed E-state index contributed by atoms with van der Waals surface area (Å²) in [6.45, 7) is 1.73.